The van der Waals surface area contributed by atoms with Gasteiger partial charge in [-0.25, -0.2) is 4.39 Å². The molecular weight excluding hydrogens is 233 g/mol. The van der Waals surface area contributed by atoms with E-state index in [4.69, 9.17) is 10.5 Å². The maximum atomic E-state index is 14.5. The predicted octanol–water partition coefficient (Wildman–Crippen LogP) is 2.62. The van der Waals surface area contributed by atoms with E-state index in [0.29, 0.717) is 17.7 Å². The highest BCUT2D eigenvalue weighted by molar-refractivity contribution is 5.51. The van der Waals surface area contributed by atoms with Crippen molar-refractivity contribution in [2.24, 2.45) is 5.73 Å². The van der Waals surface area contributed by atoms with Crippen molar-refractivity contribution >= 4 is 0 Å². The minimum absolute atomic E-state index is 0.0651. The molecule has 0 unspecified atom stereocenters. The van der Waals surface area contributed by atoms with Gasteiger partial charge in [-0.15, -0.1) is 0 Å². The second-order valence-corrected chi connectivity index (χ2v) is 5.13. The van der Waals surface area contributed by atoms with Gasteiger partial charge in [-0.1, -0.05) is 12.8 Å². The van der Waals surface area contributed by atoms with Crippen molar-refractivity contribution in [3.63, 3.8) is 0 Å². The Balaban J connectivity index is 2.60. The predicted molar refractivity (Wildman–Crippen MR) is 68.6 cm³/mol. The van der Waals surface area contributed by atoms with Crippen molar-refractivity contribution in [2.45, 2.75) is 38.0 Å². The summed E-state index contributed by atoms with van der Waals surface area (Å²) in [4.78, 5) is 0. The standard InChI is InChI=1S/C14H20FNO2/c1-9-7-10(11(15)13(18-2)12(9)17)14(8-16)5-3-4-6-14/h7,17H,3-6,8,16H2,1-2H3. The summed E-state index contributed by atoms with van der Waals surface area (Å²) in [5.74, 6) is -0.651. The second kappa shape index (κ2) is 4.76. The van der Waals surface area contributed by atoms with Crippen LogP contribution in [0.5, 0.6) is 11.5 Å². The van der Waals surface area contributed by atoms with Crippen molar-refractivity contribution < 1.29 is 14.2 Å². The third-order valence-corrected chi connectivity index (χ3v) is 4.11. The number of phenolic OH excluding ortho intramolecular Hbond substituents is 1. The Bertz CT molecular complexity index is 454. The molecule has 1 saturated carbocycles. The molecule has 0 aromatic heterocycles. The molecule has 3 N–H and O–H groups in total. The number of benzene rings is 1. The highest BCUT2D eigenvalue weighted by Gasteiger charge is 2.38. The number of halogens is 1. The van der Waals surface area contributed by atoms with Gasteiger partial charge in [-0.05, 0) is 37.0 Å². The lowest BCUT2D eigenvalue weighted by Gasteiger charge is -2.29. The zero-order valence-electron chi connectivity index (χ0n) is 10.9. The quantitative estimate of drug-likeness (QED) is 0.870. The maximum absolute atomic E-state index is 14.5. The van der Waals surface area contributed by atoms with E-state index in [1.807, 2.05) is 0 Å². The molecule has 0 amide bonds. The van der Waals surface area contributed by atoms with Crippen LogP contribution in [0.4, 0.5) is 4.39 Å². The first-order valence-electron chi connectivity index (χ1n) is 6.32. The van der Waals surface area contributed by atoms with E-state index >= 15 is 0 Å². The zero-order chi connectivity index (χ0) is 13.3. The fourth-order valence-electron chi connectivity index (χ4n) is 2.96. The number of nitrogens with two attached hydrogens (primary N) is 1. The van der Waals surface area contributed by atoms with E-state index in [1.165, 1.54) is 7.11 Å². The van der Waals surface area contributed by atoms with Gasteiger partial charge >= 0.3 is 0 Å². The Labute approximate surface area is 107 Å². The maximum Gasteiger partial charge on any atom is 0.197 e. The average molecular weight is 253 g/mol. The smallest absolute Gasteiger partial charge is 0.197 e. The topological polar surface area (TPSA) is 55.5 Å². The fraction of sp³-hybridized carbons (Fsp3) is 0.571. The molecule has 1 aromatic carbocycles. The molecule has 100 valence electrons. The lowest BCUT2D eigenvalue weighted by atomic mass is 9.78. The average Bonchev–Trinajstić information content (AvgIpc) is 2.84. The van der Waals surface area contributed by atoms with Crippen LogP contribution in [0.25, 0.3) is 0 Å². The number of phenols is 1. The van der Waals surface area contributed by atoms with Gasteiger partial charge in [0.2, 0.25) is 0 Å². The molecular formula is C14H20FNO2. The van der Waals surface area contributed by atoms with E-state index in [-0.39, 0.29) is 16.9 Å². The number of hydrogen-bond acceptors (Lipinski definition) is 3. The van der Waals surface area contributed by atoms with Crippen LogP contribution in [0.3, 0.4) is 0 Å². The van der Waals surface area contributed by atoms with Crippen LogP contribution in [0, 0.1) is 12.7 Å². The Kier molecular flexibility index (Phi) is 3.48. The molecule has 0 radical (unpaired) electrons. The van der Waals surface area contributed by atoms with Crippen molar-refractivity contribution in [3.05, 3.63) is 23.0 Å². The SMILES string of the molecule is COc1c(O)c(C)cc(C2(CN)CCCC2)c1F. The van der Waals surface area contributed by atoms with Gasteiger partial charge in [0.05, 0.1) is 7.11 Å². The van der Waals surface area contributed by atoms with Gasteiger partial charge in [0.15, 0.2) is 17.3 Å². The van der Waals surface area contributed by atoms with Gasteiger partial charge in [0.25, 0.3) is 0 Å². The van der Waals surface area contributed by atoms with Crippen LogP contribution in [-0.2, 0) is 5.41 Å². The van der Waals surface area contributed by atoms with Gasteiger partial charge in [0, 0.05) is 12.0 Å². The molecule has 1 aliphatic carbocycles. The van der Waals surface area contributed by atoms with Crippen LogP contribution in [0.15, 0.2) is 6.07 Å². The summed E-state index contributed by atoms with van der Waals surface area (Å²) in [6.45, 7) is 2.18. The van der Waals surface area contributed by atoms with E-state index in [9.17, 15) is 9.50 Å². The summed E-state index contributed by atoms with van der Waals surface area (Å²) in [6, 6.07) is 1.71. The van der Waals surface area contributed by atoms with Crippen molar-refractivity contribution in [1.29, 1.82) is 0 Å². The van der Waals surface area contributed by atoms with E-state index < -0.39 is 5.82 Å². The van der Waals surface area contributed by atoms with Crippen molar-refractivity contribution in [2.75, 3.05) is 13.7 Å². The molecule has 0 spiro atoms. The molecule has 1 aromatic rings. The van der Waals surface area contributed by atoms with Gasteiger partial charge < -0.3 is 15.6 Å². The monoisotopic (exact) mass is 253 g/mol. The number of rotatable bonds is 3. The Morgan fingerprint density at radius 2 is 2.06 bits per heavy atom. The van der Waals surface area contributed by atoms with Crippen LogP contribution in [0.1, 0.15) is 36.8 Å². The van der Waals surface area contributed by atoms with Gasteiger partial charge in [-0.3, -0.25) is 0 Å². The largest absolute Gasteiger partial charge is 0.504 e. The van der Waals surface area contributed by atoms with E-state index in [0.717, 1.165) is 25.7 Å². The first-order chi connectivity index (χ1) is 8.55. The molecule has 18 heavy (non-hydrogen) atoms. The number of aromatic hydroxyl groups is 1. The molecule has 4 heteroatoms. The number of ether oxygens (including phenoxy) is 1. The summed E-state index contributed by atoms with van der Waals surface area (Å²) < 4.78 is 19.4. The first kappa shape index (κ1) is 13.1. The van der Waals surface area contributed by atoms with E-state index in [1.54, 1.807) is 13.0 Å². The van der Waals surface area contributed by atoms with E-state index in [2.05, 4.69) is 0 Å². The Morgan fingerprint density at radius 1 is 1.44 bits per heavy atom. The third kappa shape index (κ3) is 1.85. The first-order valence-corrected chi connectivity index (χ1v) is 6.32. The summed E-state index contributed by atoms with van der Waals surface area (Å²) in [7, 11) is 1.37. The van der Waals surface area contributed by atoms with Crippen LogP contribution in [0.2, 0.25) is 0 Å². The van der Waals surface area contributed by atoms with Crippen molar-refractivity contribution in [3.8, 4) is 11.5 Å². The summed E-state index contributed by atoms with van der Waals surface area (Å²) in [5.41, 5.74) is 6.80. The fourth-order valence-corrected chi connectivity index (χ4v) is 2.96. The molecule has 3 nitrogen and oxygen atoms in total. The lowest BCUT2D eigenvalue weighted by Crippen LogP contribution is -2.33. The Morgan fingerprint density at radius 3 is 2.56 bits per heavy atom. The zero-order valence-corrected chi connectivity index (χ0v) is 10.9. The lowest BCUT2D eigenvalue weighted by molar-refractivity contribution is 0.338. The Hall–Kier alpha value is -1.29. The van der Waals surface area contributed by atoms with Gasteiger partial charge in [-0.2, -0.15) is 0 Å². The summed E-state index contributed by atoms with van der Waals surface area (Å²) in [6.07, 6.45) is 3.93. The van der Waals surface area contributed by atoms with Crippen LogP contribution in [-0.4, -0.2) is 18.8 Å². The number of hydrogen-bond donors (Lipinski definition) is 2. The minimum Gasteiger partial charge on any atom is -0.504 e. The molecule has 0 saturated heterocycles. The minimum atomic E-state index is -0.465. The highest BCUT2D eigenvalue weighted by atomic mass is 19.1. The second-order valence-electron chi connectivity index (χ2n) is 5.13. The van der Waals surface area contributed by atoms with Crippen LogP contribution < -0.4 is 10.5 Å². The normalized spacial score (nSPS) is 18.0. The van der Waals surface area contributed by atoms with Crippen LogP contribution >= 0.6 is 0 Å². The molecule has 0 atom stereocenters. The number of methoxy groups -OCH3 is 1. The molecule has 1 fully saturated rings. The van der Waals surface area contributed by atoms with Crippen molar-refractivity contribution in [1.82, 2.24) is 0 Å². The molecule has 0 aliphatic heterocycles. The third-order valence-electron chi connectivity index (χ3n) is 4.11. The summed E-state index contributed by atoms with van der Waals surface area (Å²) in [5, 5.41) is 9.81. The number of aryl methyl sites for hydroxylation is 1. The molecule has 1 aliphatic rings. The molecule has 2 rings (SSSR count). The molecule has 0 bridgehead atoms. The van der Waals surface area contributed by atoms with Gasteiger partial charge in [0.1, 0.15) is 0 Å². The highest BCUT2D eigenvalue weighted by Crippen LogP contribution is 2.45. The molecule has 0 heterocycles. The summed E-state index contributed by atoms with van der Waals surface area (Å²) >= 11 is 0.